The molecular weight excluding hydrogens is 324 g/mol. The lowest BCUT2D eigenvalue weighted by Gasteiger charge is -2.06. The largest absolute Gasteiger partial charge is 0.276 e. The Labute approximate surface area is 129 Å². The molecule has 0 unspecified atom stereocenters. The molecule has 0 aliphatic rings. The first-order valence-electron chi connectivity index (χ1n) is 6.14. The van der Waals surface area contributed by atoms with Gasteiger partial charge in [0.1, 0.15) is 15.9 Å². The van der Waals surface area contributed by atoms with Crippen molar-refractivity contribution < 1.29 is 8.42 Å². The van der Waals surface area contributed by atoms with Crippen LogP contribution in [-0.2, 0) is 8.87 Å². The van der Waals surface area contributed by atoms with Crippen LogP contribution in [0.4, 0.5) is 0 Å². The van der Waals surface area contributed by atoms with Crippen molar-refractivity contribution in [2.45, 2.75) is 5.03 Å². The van der Waals surface area contributed by atoms with Gasteiger partial charge >= 0.3 is 0 Å². The highest BCUT2D eigenvalue weighted by molar-refractivity contribution is 8.71. The molecule has 0 radical (unpaired) electrons. The summed E-state index contributed by atoms with van der Waals surface area (Å²) < 4.78 is 23.2. The Hall–Kier alpha value is -2.26. The van der Waals surface area contributed by atoms with Gasteiger partial charge in [-0.05, 0) is 0 Å². The maximum absolute atomic E-state index is 11.9. The second kappa shape index (κ2) is 5.50. The van der Waals surface area contributed by atoms with Crippen LogP contribution < -0.4 is 5.56 Å². The van der Waals surface area contributed by atoms with Crippen molar-refractivity contribution in [2.24, 2.45) is 0 Å². The summed E-state index contributed by atoms with van der Waals surface area (Å²) >= 11 is 0. The lowest BCUT2D eigenvalue weighted by atomic mass is 10.2. The van der Waals surface area contributed by atoms with Crippen LogP contribution in [0.15, 0.2) is 46.3 Å². The van der Waals surface area contributed by atoms with E-state index in [9.17, 15) is 13.2 Å². The normalized spacial score (nSPS) is 11.7. The molecule has 2 aromatic heterocycles. The summed E-state index contributed by atoms with van der Waals surface area (Å²) in [5, 5.41) is 6.17. The molecule has 3 aromatic rings. The van der Waals surface area contributed by atoms with Crippen LogP contribution in [0.25, 0.3) is 22.3 Å². The highest BCUT2D eigenvalue weighted by Gasteiger charge is 2.17. The Morgan fingerprint density at radius 2 is 1.86 bits per heavy atom. The Kier molecular flexibility index (Phi) is 3.67. The zero-order valence-electron chi connectivity index (χ0n) is 11.3. The number of nitrogens with zero attached hydrogens (tertiary/aromatic N) is 3. The number of nitrogens with one attached hydrogen (secondary N) is 1. The topological polar surface area (TPSA) is 106 Å². The summed E-state index contributed by atoms with van der Waals surface area (Å²) in [6.45, 7) is 0. The predicted octanol–water partition coefficient (Wildman–Crippen LogP) is 1.43. The van der Waals surface area contributed by atoms with Gasteiger partial charge in [0.15, 0.2) is 5.82 Å². The minimum atomic E-state index is -3.43. The Morgan fingerprint density at radius 3 is 2.55 bits per heavy atom. The van der Waals surface area contributed by atoms with E-state index in [4.69, 9.17) is 0 Å². The summed E-state index contributed by atoms with van der Waals surface area (Å²) in [5.74, 6) is 0.339. The summed E-state index contributed by atoms with van der Waals surface area (Å²) in [4.78, 5) is 20.5. The molecule has 1 aromatic carbocycles. The number of rotatable bonds is 3. The van der Waals surface area contributed by atoms with Gasteiger partial charge in [-0.2, -0.15) is 5.10 Å². The van der Waals surface area contributed by atoms with Gasteiger partial charge < -0.3 is 0 Å². The molecule has 0 bridgehead atoms. The van der Waals surface area contributed by atoms with Crippen molar-refractivity contribution in [3.8, 4) is 11.4 Å². The van der Waals surface area contributed by atoms with Crippen LogP contribution in [0.1, 0.15) is 0 Å². The zero-order chi connectivity index (χ0) is 15.7. The highest BCUT2D eigenvalue weighted by atomic mass is 33.1. The van der Waals surface area contributed by atoms with Crippen molar-refractivity contribution in [3.05, 3.63) is 46.9 Å². The van der Waals surface area contributed by atoms with Crippen LogP contribution in [0.3, 0.4) is 0 Å². The smallest absolute Gasteiger partial charge is 0.267 e. The maximum Gasteiger partial charge on any atom is 0.276 e. The third-order valence-corrected chi connectivity index (χ3v) is 4.88. The molecule has 0 spiro atoms. The van der Waals surface area contributed by atoms with Gasteiger partial charge in [0, 0.05) is 22.6 Å². The van der Waals surface area contributed by atoms with Gasteiger partial charge in [-0.15, -0.1) is 0 Å². The number of H-pyrrole nitrogens is 1. The van der Waals surface area contributed by atoms with E-state index in [1.54, 1.807) is 12.1 Å². The SMILES string of the molecule is CS(=O)(=O)Sc1nc(-c2ccccc2)nc2cn[nH]c(=O)c12. The molecule has 0 aliphatic heterocycles. The van der Waals surface area contributed by atoms with E-state index in [1.165, 1.54) is 6.20 Å². The first kappa shape index (κ1) is 14.7. The molecule has 2 heterocycles. The van der Waals surface area contributed by atoms with Gasteiger partial charge in [-0.3, -0.25) is 4.79 Å². The molecule has 7 nitrogen and oxygen atoms in total. The average Bonchev–Trinajstić information content (AvgIpc) is 2.46. The minimum Gasteiger partial charge on any atom is -0.267 e. The monoisotopic (exact) mass is 334 g/mol. The number of hydrogen-bond acceptors (Lipinski definition) is 7. The van der Waals surface area contributed by atoms with Gasteiger partial charge in [-0.1, -0.05) is 30.3 Å². The number of benzene rings is 1. The minimum absolute atomic E-state index is 0.0926. The fourth-order valence-electron chi connectivity index (χ4n) is 1.89. The Bertz CT molecular complexity index is 1000. The summed E-state index contributed by atoms with van der Waals surface area (Å²) in [7, 11) is -2.90. The third-order valence-electron chi connectivity index (χ3n) is 2.75. The van der Waals surface area contributed by atoms with E-state index >= 15 is 0 Å². The Morgan fingerprint density at radius 1 is 1.14 bits per heavy atom. The van der Waals surface area contributed by atoms with Gasteiger partial charge in [0.2, 0.25) is 8.87 Å². The fraction of sp³-hybridized carbons (Fsp3) is 0.0769. The van der Waals surface area contributed by atoms with E-state index in [0.29, 0.717) is 22.1 Å². The first-order valence-corrected chi connectivity index (χ1v) is 9.37. The van der Waals surface area contributed by atoms with Crippen LogP contribution in [0.5, 0.6) is 0 Å². The van der Waals surface area contributed by atoms with Crippen molar-refractivity contribution in [1.29, 1.82) is 0 Å². The second-order valence-electron chi connectivity index (χ2n) is 4.47. The van der Waals surface area contributed by atoms with E-state index in [2.05, 4.69) is 20.2 Å². The molecule has 0 aliphatic carbocycles. The van der Waals surface area contributed by atoms with Crippen LogP contribution in [0.2, 0.25) is 0 Å². The third kappa shape index (κ3) is 3.00. The zero-order valence-corrected chi connectivity index (χ0v) is 13.0. The van der Waals surface area contributed by atoms with Crippen molar-refractivity contribution in [2.75, 3.05) is 6.26 Å². The number of hydrogen-bond donors (Lipinski definition) is 1. The van der Waals surface area contributed by atoms with Crippen LogP contribution in [0, 0.1) is 0 Å². The van der Waals surface area contributed by atoms with E-state index in [0.717, 1.165) is 11.8 Å². The van der Waals surface area contributed by atoms with Crippen LogP contribution >= 0.6 is 10.8 Å². The molecule has 0 saturated carbocycles. The fourth-order valence-corrected chi connectivity index (χ4v) is 3.80. The van der Waals surface area contributed by atoms with E-state index in [1.807, 2.05) is 18.2 Å². The molecule has 3 rings (SSSR count). The summed E-state index contributed by atoms with van der Waals surface area (Å²) in [6, 6.07) is 9.10. The molecular formula is C13H10N4O3S2. The highest BCUT2D eigenvalue weighted by Crippen LogP contribution is 2.28. The van der Waals surface area contributed by atoms with Gasteiger partial charge in [0.05, 0.1) is 6.20 Å². The van der Waals surface area contributed by atoms with Gasteiger partial charge in [-0.25, -0.2) is 23.5 Å². The van der Waals surface area contributed by atoms with E-state index < -0.39 is 14.4 Å². The second-order valence-corrected chi connectivity index (χ2v) is 8.74. The average molecular weight is 334 g/mol. The molecule has 0 atom stereocenters. The summed E-state index contributed by atoms with van der Waals surface area (Å²) in [5.41, 5.74) is 0.493. The van der Waals surface area contributed by atoms with E-state index in [-0.39, 0.29) is 10.4 Å². The molecule has 0 saturated heterocycles. The van der Waals surface area contributed by atoms with Crippen molar-refractivity contribution in [3.63, 3.8) is 0 Å². The number of aromatic nitrogens is 4. The number of aromatic amines is 1. The quantitative estimate of drug-likeness (QED) is 0.570. The molecule has 112 valence electrons. The van der Waals surface area contributed by atoms with Gasteiger partial charge in [0.25, 0.3) is 5.56 Å². The van der Waals surface area contributed by atoms with Crippen molar-refractivity contribution in [1.82, 2.24) is 20.2 Å². The molecule has 22 heavy (non-hydrogen) atoms. The predicted molar refractivity (Wildman–Crippen MR) is 84.1 cm³/mol. The molecule has 9 heteroatoms. The maximum atomic E-state index is 11.9. The van der Waals surface area contributed by atoms with Crippen molar-refractivity contribution >= 4 is 30.6 Å². The lowest BCUT2D eigenvalue weighted by molar-refractivity contribution is 0.615. The first-order chi connectivity index (χ1) is 10.4. The standard InChI is InChI=1S/C13H10N4O3S2/c1-22(19,20)21-13-10-9(7-14-17-12(10)18)15-11(16-13)8-5-3-2-4-6-8/h2-7H,1H3,(H,17,18). The number of fused-ring (bicyclic) bond motifs is 1. The molecule has 0 amide bonds. The lowest BCUT2D eigenvalue weighted by Crippen LogP contribution is -2.11. The Balaban J connectivity index is 2.32. The molecule has 0 fully saturated rings. The molecule has 1 N–H and O–H groups in total. The summed E-state index contributed by atoms with van der Waals surface area (Å²) in [6.07, 6.45) is 2.43. The van der Waals surface area contributed by atoms with Crippen LogP contribution in [-0.4, -0.2) is 34.8 Å².